The average Bonchev–Trinajstić information content (AvgIpc) is 2.57. The van der Waals surface area contributed by atoms with E-state index in [4.69, 9.17) is 10.8 Å². The van der Waals surface area contributed by atoms with Gasteiger partial charge in [-0.15, -0.1) is 0 Å². The van der Waals surface area contributed by atoms with Crippen molar-refractivity contribution in [2.24, 2.45) is 5.73 Å². The molecule has 1 aromatic carbocycles. The molecule has 0 radical (unpaired) electrons. The molecular formula is C11H12N2O3. The van der Waals surface area contributed by atoms with E-state index in [-0.39, 0.29) is 6.54 Å². The Balaban J connectivity index is 2.35. The van der Waals surface area contributed by atoms with Gasteiger partial charge in [0, 0.05) is 12.1 Å². The Labute approximate surface area is 92.5 Å². The molecule has 0 saturated heterocycles. The number of hydrogen-bond acceptors (Lipinski definition) is 3. The first kappa shape index (κ1) is 10.5. The van der Waals surface area contributed by atoms with Gasteiger partial charge in [-0.3, -0.25) is 4.79 Å². The molecule has 5 nitrogen and oxygen atoms in total. The number of amides is 1. The van der Waals surface area contributed by atoms with Crippen LogP contribution in [0.4, 0.5) is 5.69 Å². The smallest absolute Gasteiger partial charge is 0.326 e. The zero-order valence-electron chi connectivity index (χ0n) is 8.59. The summed E-state index contributed by atoms with van der Waals surface area (Å²) < 4.78 is 0. The summed E-state index contributed by atoms with van der Waals surface area (Å²) in [6, 6.07) is 6.65. The zero-order chi connectivity index (χ0) is 11.7. The molecule has 1 aliphatic heterocycles. The third-order valence-corrected chi connectivity index (χ3v) is 2.70. The van der Waals surface area contributed by atoms with Crippen LogP contribution in [0.1, 0.15) is 5.56 Å². The fraction of sp³-hybridized carbons (Fsp3) is 0.273. The summed E-state index contributed by atoms with van der Waals surface area (Å²) in [6.45, 7) is -0.0615. The molecule has 0 spiro atoms. The Hall–Kier alpha value is -2.04. The van der Waals surface area contributed by atoms with Gasteiger partial charge in [-0.25, -0.2) is 4.79 Å². The second-order valence-electron chi connectivity index (χ2n) is 3.78. The van der Waals surface area contributed by atoms with Crippen LogP contribution in [0, 0.1) is 0 Å². The molecule has 0 bridgehead atoms. The molecule has 1 heterocycles. The van der Waals surface area contributed by atoms with Gasteiger partial charge in [0.25, 0.3) is 0 Å². The fourth-order valence-corrected chi connectivity index (χ4v) is 2.03. The van der Waals surface area contributed by atoms with Crippen LogP contribution in [0.5, 0.6) is 0 Å². The molecule has 1 aromatic rings. The predicted octanol–water partition coefficient (Wildman–Crippen LogP) is -0.0124. The van der Waals surface area contributed by atoms with Gasteiger partial charge in [0.1, 0.15) is 6.04 Å². The maximum Gasteiger partial charge on any atom is 0.326 e. The highest BCUT2D eigenvalue weighted by Gasteiger charge is 2.34. The van der Waals surface area contributed by atoms with Crippen molar-refractivity contribution < 1.29 is 14.7 Å². The lowest BCUT2D eigenvalue weighted by molar-refractivity contribution is -0.138. The number of nitrogens with zero attached hydrogens (tertiary/aromatic N) is 1. The van der Waals surface area contributed by atoms with E-state index in [0.717, 1.165) is 11.3 Å². The van der Waals surface area contributed by atoms with Crippen molar-refractivity contribution in [3.8, 4) is 0 Å². The number of anilines is 1. The molecule has 2 rings (SSSR count). The first-order chi connectivity index (χ1) is 7.59. The van der Waals surface area contributed by atoms with E-state index < -0.39 is 17.9 Å². The number of hydrogen-bond donors (Lipinski definition) is 2. The van der Waals surface area contributed by atoms with Crippen LogP contribution in [-0.4, -0.2) is 29.6 Å². The Bertz CT molecular complexity index is 445. The van der Waals surface area contributed by atoms with E-state index >= 15 is 0 Å². The number of primary amides is 1. The van der Waals surface area contributed by atoms with Gasteiger partial charge in [0.2, 0.25) is 5.91 Å². The lowest BCUT2D eigenvalue weighted by atomic mass is 10.1. The van der Waals surface area contributed by atoms with E-state index in [1.165, 1.54) is 0 Å². The van der Waals surface area contributed by atoms with Gasteiger partial charge in [-0.2, -0.15) is 0 Å². The Morgan fingerprint density at radius 2 is 2.12 bits per heavy atom. The monoisotopic (exact) mass is 220 g/mol. The van der Waals surface area contributed by atoms with Crippen molar-refractivity contribution in [1.29, 1.82) is 0 Å². The quantitative estimate of drug-likeness (QED) is 0.750. The lowest BCUT2D eigenvalue weighted by Crippen LogP contribution is -2.43. The molecule has 16 heavy (non-hydrogen) atoms. The maximum absolute atomic E-state index is 11.1. The van der Waals surface area contributed by atoms with Crippen LogP contribution < -0.4 is 10.6 Å². The van der Waals surface area contributed by atoms with Gasteiger partial charge < -0.3 is 15.7 Å². The number of carboxylic acids is 1. The molecule has 1 unspecified atom stereocenters. The second-order valence-corrected chi connectivity index (χ2v) is 3.78. The SMILES string of the molecule is NC(=O)CN1c2ccccc2CC1C(=O)O. The molecule has 0 fully saturated rings. The van der Waals surface area contributed by atoms with Crippen LogP contribution >= 0.6 is 0 Å². The van der Waals surface area contributed by atoms with E-state index in [9.17, 15) is 9.59 Å². The van der Waals surface area contributed by atoms with Gasteiger partial charge in [0.05, 0.1) is 6.54 Å². The third-order valence-electron chi connectivity index (χ3n) is 2.70. The Morgan fingerprint density at radius 1 is 1.44 bits per heavy atom. The fourth-order valence-electron chi connectivity index (χ4n) is 2.03. The molecule has 3 N–H and O–H groups in total. The van der Waals surface area contributed by atoms with Gasteiger partial charge in [-0.1, -0.05) is 18.2 Å². The normalized spacial score (nSPS) is 18.2. The van der Waals surface area contributed by atoms with Gasteiger partial charge in [-0.05, 0) is 11.6 Å². The number of carbonyl (C=O) groups excluding carboxylic acids is 1. The van der Waals surface area contributed by atoms with E-state index in [1.54, 1.807) is 11.0 Å². The Kier molecular flexibility index (Phi) is 2.52. The third kappa shape index (κ3) is 1.71. The molecule has 84 valence electrons. The van der Waals surface area contributed by atoms with Crippen LogP contribution in [0.15, 0.2) is 24.3 Å². The summed E-state index contributed by atoms with van der Waals surface area (Å²) in [5, 5.41) is 9.07. The molecular weight excluding hydrogens is 208 g/mol. The molecule has 5 heteroatoms. The number of carbonyl (C=O) groups is 2. The first-order valence-corrected chi connectivity index (χ1v) is 4.95. The highest BCUT2D eigenvalue weighted by atomic mass is 16.4. The topological polar surface area (TPSA) is 83.6 Å². The zero-order valence-corrected chi connectivity index (χ0v) is 8.59. The summed E-state index contributed by atoms with van der Waals surface area (Å²) in [4.78, 5) is 23.5. The summed E-state index contributed by atoms with van der Waals surface area (Å²) in [7, 11) is 0. The predicted molar refractivity (Wildman–Crippen MR) is 58.1 cm³/mol. The van der Waals surface area contributed by atoms with Crippen molar-refractivity contribution in [2.45, 2.75) is 12.5 Å². The van der Waals surface area contributed by atoms with E-state index in [0.29, 0.717) is 6.42 Å². The van der Waals surface area contributed by atoms with Crippen molar-refractivity contribution >= 4 is 17.6 Å². The Morgan fingerprint density at radius 3 is 2.75 bits per heavy atom. The maximum atomic E-state index is 11.1. The molecule has 1 aliphatic rings. The van der Waals surface area contributed by atoms with E-state index in [2.05, 4.69) is 0 Å². The van der Waals surface area contributed by atoms with Gasteiger partial charge >= 0.3 is 5.97 Å². The summed E-state index contributed by atoms with van der Waals surface area (Å²) in [5.74, 6) is -1.46. The molecule has 1 amide bonds. The minimum atomic E-state index is -0.933. The number of nitrogens with two attached hydrogens (primary N) is 1. The minimum absolute atomic E-state index is 0.0615. The van der Waals surface area contributed by atoms with Crippen LogP contribution in [0.2, 0.25) is 0 Å². The number of fused-ring (bicyclic) bond motifs is 1. The van der Waals surface area contributed by atoms with Crippen LogP contribution in [-0.2, 0) is 16.0 Å². The molecule has 0 saturated carbocycles. The van der Waals surface area contributed by atoms with Gasteiger partial charge in [0.15, 0.2) is 0 Å². The molecule has 0 aliphatic carbocycles. The minimum Gasteiger partial charge on any atom is -0.480 e. The number of carboxylic acid groups (broad SMARTS) is 1. The molecule has 0 aromatic heterocycles. The second kappa shape index (κ2) is 3.84. The largest absolute Gasteiger partial charge is 0.480 e. The van der Waals surface area contributed by atoms with Crippen molar-refractivity contribution in [3.05, 3.63) is 29.8 Å². The van der Waals surface area contributed by atoms with Crippen molar-refractivity contribution in [2.75, 3.05) is 11.4 Å². The highest BCUT2D eigenvalue weighted by Crippen LogP contribution is 2.31. The number of benzene rings is 1. The first-order valence-electron chi connectivity index (χ1n) is 4.95. The van der Waals surface area contributed by atoms with Crippen molar-refractivity contribution in [3.63, 3.8) is 0 Å². The lowest BCUT2D eigenvalue weighted by Gasteiger charge is -2.22. The van der Waals surface area contributed by atoms with Crippen LogP contribution in [0.3, 0.4) is 0 Å². The summed E-state index contributed by atoms with van der Waals surface area (Å²) >= 11 is 0. The summed E-state index contributed by atoms with van der Waals surface area (Å²) in [5.41, 5.74) is 6.84. The number of para-hydroxylation sites is 1. The standard InChI is InChI=1S/C11H12N2O3/c12-10(14)6-13-8-4-2-1-3-7(8)5-9(13)11(15)16/h1-4,9H,5-6H2,(H2,12,14)(H,15,16). The van der Waals surface area contributed by atoms with Crippen LogP contribution in [0.25, 0.3) is 0 Å². The molecule has 1 atom stereocenters. The average molecular weight is 220 g/mol. The highest BCUT2D eigenvalue weighted by molar-refractivity contribution is 5.87. The summed E-state index contributed by atoms with van der Waals surface area (Å²) in [6.07, 6.45) is 0.415. The number of rotatable bonds is 3. The van der Waals surface area contributed by atoms with Crippen molar-refractivity contribution in [1.82, 2.24) is 0 Å². The number of aliphatic carboxylic acids is 1. The van der Waals surface area contributed by atoms with E-state index in [1.807, 2.05) is 18.2 Å².